The van der Waals surface area contributed by atoms with E-state index in [0.29, 0.717) is 0 Å². The number of hydrogen-bond donors (Lipinski definition) is 1. The molecule has 1 aromatic heterocycles. The van der Waals surface area contributed by atoms with Crippen molar-refractivity contribution in [2.24, 2.45) is 0 Å². The molecule has 0 unspecified atom stereocenters. The summed E-state index contributed by atoms with van der Waals surface area (Å²) in [6.07, 6.45) is 3.05. The molecule has 0 saturated carbocycles. The van der Waals surface area contributed by atoms with E-state index in [0.717, 1.165) is 43.9 Å². The molecule has 1 heterocycles. The minimum atomic E-state index is -0.159. The molecule has 0 amide bonds. The van der Waals surface area contributed by atoms with E-state index in [1.54, 1.807) is 0 Å². The first-order valence-electron chi connectivity index (χ1n) is 7.40. The van der Waals surface area contributed by atoms with Crippen LogP contribution in [-0.4, -0.2) is 17.1 Å². The van der Waals surface area contributed by atoms with Crippen LogP contribution in [0.15, 0.2) is 12.1 Å². The Morgan fingerprint density at radius 1 is 1.21 bits per heavy atom. The first kappa shape index (κ1) is 16.0. The van der Waals surface area contributed by atoms with Crippen LogP contribution in [0.3, 0.4) is 0 Å². The second-order valence-electron chi connectivity index (χ2n) is 5.55. The lowest BCUT2D eigenvalue weighted by Gasteiger charge is -2.24. The van der Waals surface area contributed by atoms with Crippen LogP contribution in [-0.2, 0) is 13.0 Å². The van der Waals surface area contributed by atoms with Crippen molar-refractivity contribution in [3.63, 3.8) is 0 Å². The highest BCUT2D eigenvalue weighted by atomic mass is 16.5. The SMILES string of the molecule is CCCNCc1cc(CC)nc(OC(C)(C)CC)c1. The minimum Gasteiger partial charge on any atom is -0.472 e. The van der Waals surface area contributed by atoms with Gasteiger partial charge < -0.3 is 10.1 Å². The third-order valence-corrected chi connectivity index (χ3v) is 3.27. The van der Waals surface area contributed by atoms with Gasteiger partial charge in [-0.2, -0.15) is 0 Å². The average molecular weight is 264 g/mol. The van der Waals surface area contributed by atoms with Crippen molar-refractivity contribution in [2.75, 3.05) is 6.54 Å². The average Bonchev–Trinajstić information content (AvgIpc) is 2.38. The smallest absolute Gasteiger partial charge is 0.214 e. The Kier molecular flexibility index (Phi) is 6.29. The first-order valence-corrected chi connectivity index (χ1v) is 7.40. The van der Waals surface area contributed by atoms with Crippen LogP contribution in [0.4, 0.5) is 0 Å². The maximum Gasteiger partial charge on any atom is 0.214 e. The molecule has 0 spiro atoms. The van der Waals surface area contributed by atoms with Crippen molar-refractivity contribution in [3.05, 3.63) is 23.4 Å². The highest BCUT2D eigenvalue weighted by Crippen LogP contribution is 2.21. The van der Waals surface area contributed by atoms with Crippen molar-refractivity contribution < 1.29 is 4.74 Å². The van der Waals surface area contributed by atoms with Crippen molar-refractivity contribution in [1.82, 2.24) is 10.3 Å². The fourth-order valence-corrected chi connectivity index (χ4v) is 1.72. The molecule has 0 aliphatic heterocycles. The molecule has 0 aromatic carbocycles. The van der Waals surface area contributed by atoms with E-state index in [1.165, 1.54) is 5.56 Å². The minimum absolute atomic E-state index is 0.159. The van der Waals surface area contributed by atoms with Crippen LogP contribution in [0.1, 0.15) is 58.7 Å². The van der Waals surface area contributed by atoms with Gasteiger partial charge in [0, 0.05) is 18.3 Å². The number of rotatable bonds is 8. The number of nitrogens with one attached hydrogen (secondary N) is 1. The molecule has 19 heavy (non-hydrogen) atoms. The summed E-state index contributed by atoms with van der Waals surface area (Å²) >= 11 is 0. The number of nitrogens with zero attached hydrogens (tertiary/aromatic N) is 1. The Balaban J connectivity index is 2.82. The topological polar surface area (TPSA) is 34.2 Å². The predicted octanol–water partition coefficient (Wildman–Crippen LogP) is 3.71. The van der Waals surface area contributed by atoms with Gasteiger partial charge in [-0.1, -0.05) is 20.8 Å². The van der Waals surface area contributed by atoms with Crippen molar-refractivity contribution >= 4 is 0 Å². The summed E-state index contributed by atoms with van der Waals surface area (Å²) in [5.41, 5.74) is 2.19. The molecule has 3 heteroatoms. The van der Waals surface area contributed by atoms with Crippen LogP contribution >= 0.6 is 0 Å². The van der Waals surface area contributed by atoms with Gasteiger partial charge in [-0.3, -0.25) is 0 Å². The Hall–Kier alpha value is -1.09. The van der Waals surface area contributed by atoms with E-state index in [4.69, 9.17) is 4.74 Å². The zero-order valence-electron chi connectivity index (χ0n) is 13.0. The Labute approximate surface area is 117 Å². The van der Waals surface area contributed by atoms with Gasteiger partial charge in [0.25, 0.3) is 0 Å². The van der Waals surface area contributed by atoms with Gasteiger partial charge in [0.2, 0.25) is 5.88 Å². The molecule has 1 aromatic rings. The van der Waals surface area contributed by atoms with Crippen molar-refractivity contribution in [3.8, 4) is 5.88 Å². The molecule has 0 aliphatic carbocycles. The normalized spacial score (nSPS) is 11.6. The van der Waals surface area contributed by atoms with Gasteiger partial charge >= 0.3 is 0 Å². The van der Waals surface area contributed by atoms with E-state index < -0.39 is 0 Å². The summed E-state index contributed by atoms with van der Waals surface area (Å²) in [7, 11) is 0. The monoisotopic (exact) mass is 264 g/mol. The summed E-state index contributed by atoms with van der Waals surface area (Å²) < 4.78 is 6.00. The Morgan fingerprint density at radius 2 is 1.95 bits per heavy atom. The number of aryl methyl sites for hydroxylation is 1. The van der Waals surface area contributed by atoms with Gasteiger partial charge in [0.05, 0.1) is 0 Å². The van der Waals surface area contributed by atoms with Crippen LogP contribution in [0.5, 0.6) is 5.88 Å². The maximum absolute atomic E-state index is 6.00. The van der Waals surface area contributed by atoms with Crippen molar-refractivity contribution in [2.45, 2.75) is 66.0 Å². The number of aromatic nitrogens is 1. The lowest BCUT2D eigenvalue weighted by Crippen LogP contribution is -2.27. The molecule has 108 valence electrons. The lowest BCUT2D eigenvalue weighted by molar-refractivity contribution is 0.0986. The molecule has 1 N–H and O–H groups in total. The van der Waals surface area contributed by atoms with Gasteiger partial charge in [-0.25, -0.2) is 4.98 Å². The quantitative estimate of drug-likeness (QED) is 0.727. The molecular formula is C16H28N2O. The molecule has 0 saturated heterocycles. The summed E-state index contributed by atoms with van der Waals surface area (Å²) in [5, 5.41) is 3.42. The zero-order valence-corrected chi connectivity index (χ0v) is 13.0. The third-order valence-electron chi connectivity index (χ3n) is 3.27. The molecule has 3 nitrogen and oxygen atoms in total. The molecule has 1 rings (SSSR count). The fourth-order valence-electron chi connectivity index (χ4n) is 1.72. The Morgan fingerprint density at radius 3 is 2.53 bits per heavy atom. The van der Waals surface area contributed by atoms with Gasteiger partial charge in [0.1, 0.15) is 5.60 Å². The largest absolute Gasteiger partial charge is 0.472 e. The summed E-state index contributed by atoms with van der Waals surface area (Å²) in [6.45, 7) is 12.6. The number of pyridine rings is 1. The highest BCUT2D eigenvalue weighted by molar-refractivity contribution is 5.25. The molecule has 0 bridgehead atoms. The van der Waals surface area contributed by atoms with Crippen LogP contribution < -0.4 is 10.1 Å². The van der Waals surface area contributed by atoms with Crippen LogP contribution in [0.2, 0.25) is 0 Å². The summed E-state index contributed by atoms with van der Waals surface area (Å²) in [5.74, 6) is 0.750. The summed E-state index contributed by atoms with van der Waals surface area (Å²) in [4.78, 5) is 4.56. The van der Waals surface area contributed by atoms with E-state index in [-0.39, 0.29) is 5.60 Å². The van der Waals surface area contributed by atoms with Gasteiger partial charge in [0.15, 0.2) is 0 Å². The van der Waals surface area contributed by atoms with Crippen LogP contribution in [0.25, 0.3) is 0 Å². The van der Waals surface area contributed by atoms with E-state index in [9.17, 15) is 0 Å². The lowest BCUT2D eigenvalue weighted by atomic mass is 10.1. The van der Waals surface area contributed by atoms with Crippen molar-refractivity contribution in [1.29, 1.82) is 0 Å². The van der Waals surface area contributed by atoms with Gasteiger partial charge in [-0.05, 0) is 51.3 Å². The molecule has 0 atom stereocenters. The maximum atomic E-state index is 6.00. The standard InChI is InChI=1S/C16H28N2O/c1-6-9-17-12-13-10-14(7-2)18-15(11-13)19-16(4,5)8-3/h10-11,17H,6-9,12H2,1-5H3. The third kappa shape index (κ3) is 5.60. The number of hydrogen-bond acceptors (Lipinski definition) is 3. The second-order valence-corrected chi connectivity index (χ2v) is 5.55. The fraction of sp³-hybridized carbons (Fsp3) is 0.688. The summed E-state index contributed by atoms with van der Waals surface area (Å²) in [6, 6.07) is 4.22. The van der Waals surface area contributed by atoms with E-state index >= 15 is 0 Å². The second kappa shape index (κ2) is 7.49. The molecule has 0 aliphatic rings. The zero-order chi connectivity index (χ0) is 14.3. The molecular weight excluding hydrogens is 236 g/mol. The Bertz CT molecular complexity index is 388. The molecule has 0 radical (unpaired) electrons. The van der Waals surface area contributed by atoms with E-state index in [2.05, 4.69) is 57.1 Å². The molecule has 0 fully saturated rings. The predicted molar refractivity (Wildman–Crippen MR) is 80.6 cm³/mol. The van der Waals surface area contributed by atoms with Crippen LogP contribution in [0, 0.1) is 0 Å². The highest BCUT2D eigenvalue weighted by Gasteiger charge is 2.18. The first-order chi connectivity index (χ1) is 9.00. The van der Waals surface area contributed by atoms with Gasteiger partial charge in [-0.15, -0.1) is 0 Å². The number of ether oxygens (including phenoxy) is 1. The van der Waals surface area contributed by atoms with E-state index in [1.807, 2.05) is 0 Å².